The van der Waals surface area contributed by atoms with Crippen LogP contribution in [0.3, 0.4) is 0 Å². The minimum absolute atomic E-state index is 0. The van der Waals surface area contributed by atoms with E-state index < -0.39 is 28.8 Å². The molecule has 128 valence electrons. The van der Waals surface area contributed by atoms with E-state index in [2.05, 4.69) is 4.98 Å². The molecule has 1 heterocycles. The molecule has 1 atom stereocenters. The van der Waals surface area contributed by atoms with Gasteiger partial charge < -0.3 is 9.42 Å². The minimum atomic E-state index is -4.61. The van der Waals surface area contributed by atoms with E-state index >= 15 is 0 Å². The molecular formula is C12H11N3NaO7PS. The third kappa shape index (κ3) is 6.48. The first-order chi connectivity index (χ1) is 11.2. The first-order valence-electron chi connectivity index (χ1n) is 6.34. The van der Waals surface area contributed by atoms with Gasteiger partial charge in [0, 0.05) is 18.3 Å². The Bertz CT molecular complexity index is 877. The van der Waals surface area contributed by atoms with E-state index in [4.69, 9.17) is 4.52 Å². The summed E-state index contributed by atoms with van der Waals surface area (Å²) in [7, 11) is -8.71. The Morgan fingerprint density at radius 2 is 1.84 bits per heavy atom. The molecule has 1 unspecified atom stereocenters. The number of sulfonamides is 1. The van der Waals surface area contributed by atoms with Gasteiger partial charge in [0.05, 0.1) is 11.2 Å². The van der Waals surface area contributed by atoms with Crippen LogP contribution in [-0.4, -0.2) is 24.6 Å². The summed E-state index contributed by atoms with van der Waals surface area (Å²) in [5, 5.41) is 10.2. The van der Waals surface area contributed by atoms with Gasteiger partial charge in [-0.05, 0) is 24.3 Å². The van der Waals surface area contributed by atoms with Crippen molar-refractivity contribution in [3.63, 3.8) is 0 Å². The van der Waals surface area contributed by atoms with Gasteiger partial charge in [0.2, 0.25) is 0 Å². The number of nitro groups is 1. The Morgan fingerprint density at radius 1 is 1.20 bits per heavy atom. The van der Waals surface area contributed by atoms with Crippen LogP contribution in [0.25, 0.3) is 0 Å². The molecule has 0 aliphatic carbocycles. The molecule has 0 radical (unpaired) electrons. The van der Waals surface area contributed by atoms with Crippen LogP contribution in [0.1, 0.15) is 0 Å². The Hall–Kier alpha value is -1.33. The van der Waals surface area contributed by atoms with Gasteiger partial charge >= 0.3 is 29.6 Å². The number of hydrogen-bond donors (Lipinski definition) is 1. The summed E-state index contributed by atoms with van der Waals surface area (Å²) in [5.41, 5.74) is -0.237. The summed E-state index contributed by atoms with van der Waals surface area (Å²) in [6.07, 6.45) is 0.252. The van der Waals surface area contributed by atoms with Crippen molar-refractivity contribution < 1.29 is 56.9 Å². The number of rotatable bonds is 7. The van der Waals surface area contributed by atoms with Crippen LogP contribution in [0.5, 0.6) is 5.75 Å². The minimum Gasteiger partial charge on any atom is -0.768 e. The number of nitrogens with zero attached hydrogens (tertiary/aromatic N) is 2. The fourth-order valence-corrected chi connectivity index (χ4v) is 3.99. The Morgan fingerprint density at radius 3 is 2.36 bits per heavy atom. The zero-order chi connectivity index (χ0) is 17.8. The van der Waals surface area contributed by atoms with E-state index in [9.17, 15) is 28.0 Å². The first kappa shape index (κ1) is 21.7. The number of non-ortho nitro benzene ring substituents is 1. The van der Waals surface area contributed by atoms with Crippen molar-refractivity contribution in [3.8, 4) is 5.75 Å². The van der Waals surface area contributed by atoms with Crippen molar-refractivity contribution >= 4 is 23.3 Å². The predicted octanol–water partition coefficient (Wildman–Crippen LogP) is -2.14. The van der Waals surface area contributed by atoms with Gasteiger partial charge in [-0.3, -0.25) is 14.7 Å². The van der Waals surface area contributed by atoms with E-state index in [-0.39, 0.29) is 46.0 Å². The van der Waals surface area contributed by atoms with E-state index in [1.54, 1.807) is 0 Å². The van der Waals surface area contributed by atoms with Crippen LogP contribution in [0, 0.1) is 10.1 Å². The number of hydrogen-bond acceptors (Lipinski definition) is 8. The molecule has 2 aromatic rings. The number of pyridine rings is 1. The van der Waals surface area contributed by atoms with E-state index in [1.807, 2.05) is 4.72 Å². The van der Waals surface area contributed by atoms with Crippen LogP contribution in [0.15, 0.2) is 53.7 Å². The number of nitrogens with one attached hydrogen (secondary N) is 1. The Labute approximate surface area is 165 Å². The van der Waals surface area contributed by atoms with Gasteiger partial charge in [-0.1, -0.05) is 6.07 Å². The molecule has 2 rings (SSSR count). The van der Waals surface area contributed by atoms with Crippen LogP contribution in [-0.2, 0) is 14.6 Å². The molecule has 10 nitrogen and oxygen atoms in total. The number of nitro benzene ring substituents is 1. The average Bonchev–Trinajstić information content (AvgIpc) is 2.54. The van der Waals surface area contributed by atoms with Gasteiger partial charge in [0.15, 0.2) is 12.6 Å². The van der Waals surface area contributed by atoms with E-state index in [0.29, 0.717) is 0 Å². The largest absolute Gasteiger partial charge is 1.00 e. The quantitative estimate of drug-likeness (QED) is 0.241. The second-order valence-corrected chi connectivity index (χ2v) is 7.86. The van der Waals surface area contributed by atoms with Crippen LogP contribution in [0.4, 0.5) is 5.69 Å². The zero-order valence-corrected chi connectivity index (χ0v) is 16.6. The standard InChI is InChI=1S/C12H12N3O7PS.Na/c16-15(17)10-4-6-11(7-5-10)22-23(18,19)9-14-24(20,21)12-3-1-2-8-13-12;/h1-8,14H,9H2,(H,18,19);/q;+1/p-1. The van der Waals surface area contributed by atoms with E-state index in [0.717, 1.165) is 24.3 Å². The summed E-state index contributed by atoms with van der Waals surface area (Å²) >= 11 is 0. The van der Waals surface area contributed by atoms with Gasteiger partial charge in [-0.25, -0.2) is 18.1 Å². The van der Waals surface area contributed by atoms with Gasteiger partial charge in [0.25, 0.3) is 15.7 Å². The molecule has 1 aromatic heterocycles. The number of aromatic nitrogens is 1. The molecule has 0 saturated carbocycles. The molecule has 13 heteroatoms. The SMILES string of the molecule is O=[N+]([O-])c1ccc(OP(=O)([O-])CNS(=O)(=O)c2ccccn2)cc1.[Na+]. The summed E-state index contributed by atoms with van der Waals surface area (Å²) in [5.74, 6) is -0.170. The molecule has 0 fully saturated rings. The molecule has 25 heavy (non-hydrogen) atoms. The maximum Gasteiger partial charge on any atom is 1.00 e. The maximum atomic E-state index is 11.9. The molecule has 0 aliphatic heterocycles. The molecule has 0 spiro atoms. The molecule has 0 bridgehead atoms. The van der Waals surface area contributed by atoms with Crippen molar-refractivity contribution in [1.29, 1.82) is 0 Å². The first-order valence-corrected chi connectivity index (χ1v) is 9.55. The Balaban J connectivity index is 0.00000312. The van der Waals surface area contributed by atoms with Gasteiger partial charge in [0.1, 0.15) is 5.75 Å². The molecule has 0 saturated heterocycles. The summed E-state index contributed by atoms with van der Waals surface area (Å²) in [6, 6.07) is 8.46. The second-order valence-electron chi connectivity index (χ2n) is 4.43. The van der Waals surface area contributed by atoms with Crippen molar-refractivity contribution in [2.75, 3.05) is 6.29 Å². The zero-order valence-electron chi connectivity index (χ0n) is 12.9. The average molecular weight is 395 g/mol. The molecule has 0 amide bonds. The van der Waals surface area contributed by atoms with E-state index in [1.165, 1.54) is 24.4 Å². The molecule has 0 aliphatic rings. The Kier molecular flexibility index (Phi) is 7.69. The van der Waals surface area contributed by atoms with Crippen LogP contribution >= 0.6 is 7.60 Å². The second kappa shape index (κ2) is 8.86. The van der Waals surface area contributed by atoms with Crippen molar-refractivity contribution in [2.45, 2.75) is 5.03 Å². The third-order valence-electron chi connectivity index (χ3n) is 2.65. The number of benzene rings is 1. The topological polar surface area (TPSA) is 152 Å². The summed E-state index contributed by atoms with van der Waals surface area (Å²) in [4.78, 5) is 25.3. The monoisotopic (exact) mass is 395 g/mol. The predicted molar refractivity (Wildman–Crippen MR) is 80.8 cm³/mol. The van der Waals surface area contributed by atoms with Crippen molar-refractivity contribution in [2.24, 2.45) is 0 Å². The van der Waals surface area contributed by atoms with Gasteiger partial charge in [-0.15, -0.1) is 0 Å². The van der Waals surface area contributed by atoms with Crippen LogP contribution in [0.2, 0.25) is 0 Å². The normalized spacial score (nSPS) is 13.3. The fourth-order valence-electron chi connectivity index (χ4n) is 1.57. The smallest absolute Gasteiger partial charge is 0.768 e. The van der Waals surface area contributed by atoms with Crippen molar-refractivity contribution in [1.82, 2.24) is 9.71 Å². The third-order valence-corrected chi connectivity index (χ3v) is 5.22. The molecule has 1 N–H and O–H groups in total. The van der Waals surface area contributed by atoms with Crippen LogP contribution < -0.4 is 43.7 Å². The van der Waals surface area contributed by atoms with Gasteiger partial charge in [-0.2, -0.15) is 0 Å². The maximum absolute atomic E-state index is 11.9. The fraction of sp³-hybridized carbons (Fsp3) is 0.0833. The summed E-state index contributed by atoms with van der Waals surface area (Å²) < 4.78 is 42.2. The molecular weight excluding hydrogens is 384 g/mol. The van der Waals surface area contributed by atoms with Crippen molar-refractivity contribution in [3.05, 3.63) is 58.8 Å². The summed E-state index contributed by atoms with van der Waals surface area (Å²) in [6.45, 7) is 0. The molecule has 1 aromatic carbocycles.